The van der Waals surface area contributed by atoms with Gasteiger partial charge in [0.25, 0.3) is 0 Å². The van der Waals surface area contributed by atoms with Gasteiger partial charge in [0.1, 0.15) is 17.7 Å². The first-order valence-electron chi connectivity index (χ1n) is 8.83. The summed E-state index contributed by atoms with van der Waals surface area (Å²) in [5.41, 5.74) is -0.244. The summed E-state index contributed by atoms with van der Waals surface area (Å²) in [7, 11) is -3.19. The van der Waals surface area contributed by atoms with Gasteiger partial charge in [-0.25, -0.2) is 27.7 Å². The fourth-order valence-electron chi connectivity index (χ4n) is 2.98. The Morgan fingerprint density at radius 1 is 1.16 bits per heavy atom. The Bertz CT molecular complexity index is 1240. The van der Waals surface area contributed by atoms with Crippen LogP contribution in [0.15, 0.2) is 35.5 Å². The highest BCUT2D eigenvalue weighted by Crippen LogP contribution is 2.32. The number of benzene rings is 1. The number of aromatic amines is 1. The summed E-state index contributed by atoms with van der Waals surface area (Å²) >= 11 is 0. The topological polar surface area (TPSA) is 94.5 Å². The predicted molar refractivity (Wildman–Crippen MR) is 104 cm³/mol. The lowest BCUT2D eigenvalue weighted by Gasteiger charge is -2.19. The van der Waals surface area contributed by atoms with Crippen molar-refractivity contribution in [3.63, 3.8) is 0 Å². The molecule has 2 atom stereocenters. The van der Waals surface area contributed by atoms with Gasteiger partial charge >= 0.3 is 6.18 Å². The van der Waals surface area contributed by atoms with Gasteiger partial charge in [0.15, 0.2) is 16.7 Å². The van der Waals surface area contributed by atoms with E-state index in [1.165, 1.54) is 31.4 Å². The van der Waals surface area contributed by atoms with Crippen molar-refractivity contribution in [3.8, 4) is 0 Å². The molecule has 31 heavy (non-hydrogen) atoms. The fourth-order valence-corrected chi connectivity index (χ4v) is 3.88. The molecule has 0 aliphatic rings. The summed E-state index contributed by atoms with van der Waals surface area (Å²) in [5.74, 6) is -2.11. The molecule has 12 heteroatoms. The third-order valence-corrected chi connectivity index (χ3v) is 5.60. The number of hydrogen-bond acceptors (Lipinski definition) is 5. The van der Waals surface area contributed by atoms with Gasteiger partial charge in [0.2, 0.25) is 0 Å². The molecule has 0 fully saturated rings. The molecule has 0 spiro atoms. The molecule has 166 valence electrons. The number of aromatic nitrogens is 3. The minimum absolute atomic E-state index is 0.0195. The van der Waals surface area contributed by atoms with E-state index in [1.807, 2.05) is 0 Å². The Labute approximate surface area is 174 Å². The number of anilines is 1. The lowest BCUT2D eigenvalue weighted by atomic mass is 10.0. The van der Waals surface area contributed by atoms with Gasteiger partial charge in [-0.1, -0.05) is 12.1 Å². The number of H-pyrrole nitrogens is 1. The van der Waals surface area contributed by atoms with Gasteiger partial charge in [-0.3, -0.25) is 0 Å². The van der Waals surface area contributed by atoms with E-state index in [2.05, 4.69) is 20.3 Å². The number of alkyl halides is 3. The average molecular weight is 459 g/mol. The van der Waals surface area contributed by atoms with Gasteiger partial charge in [0, 0.05) is 18.1 Å². The molecule has 1 aromatic carbocycles. The van der Waals surface area contributed by atoms with Crippen molar-refractivity contribution < 1.29 is 26.2 Å². The summed E-state index contributed by atoms with van der Waals surface area (Å²) in [6.07, 6.45) is -3.09. The number of aryl methyl sites for hydroxylation is 2. The van der Waals surface area contributed by atoms with Crippen LogP contribution in [0.2, 0.25) is 0 Å². The molecule has 3 aromatic rings. The maximum atomic E-state index is 14.4. The summed E-state index contributed by atoms with van der Waals surface area (Å²) in [5, 5.41) is 2.65. The lowest BCUT2D eigenvalue weighted by Crippen LogP contribution is -2.17. The maximum absolute atomic E-state index is 14.4. The lowest BCUT2D eigenvalue weighted by molar-refractivity contribution is -0.138. The summed E-state index contributed by atoms with van der Waals surface area (Å²) in [6.45, 7) is 3.06. The molecule has 2 aromatic heterocycles. The number of nitrogens with zero attached hydrogens (tertiary/aromatic N) is 2. The van der Waals surface area contributed by atoms with E-state index in [4.69, 9.17) is 4.78 Å². The van der Waals surface area contributed by atoms with E-state index in [9.17, 15) is 26.2 Å². The molecule has 3 N–H and O–H groups in total. The van der Waals surface area contributed by atoms with Gasteiger partial charge < -0.3 is 10.3 Å². The Kier molecular flexibility index (Phi) is 5.78. The van der Waals surface area contributed by atoms with Crippen molar-refractivity contribution in [2.24, 2.45) is 0 Å². The second-order valence-electron chi connectivity index (χ2n) is 7.03. The molecular weight excluding hydrogens is 441 g/mol. The standard InChI is InChI=1S/C19H18F5N5OS/c1-9-6-11(4-5-13(9)20)15(17-27-10(2)18(29-17)31(3,25)30)28-16-14(21)7-12(8-26-16)19(22,23)24/h4-8,15,25H,1-3H3,(H,26,28)(H,27,29). The van der Waals surface area contributed by atoms with Crippen LogP contribution in [0, 0.1) is 30.3 Å². The van der Waals surface area contributed by atoms with Crippen LogP contribution in [-0.4, -0.2) is 25.4 Å². The monoisotopic (exact) mass is 459 g/mol. The molecule has 2 heterocycles. The number of hydrogen-bond donors (Lipinski definition) is 3. The molecule has 2 unspecified atom stereocenters. The zero-order chi connectivity index (χ0) is 23.1. The first-order valence-corrected chi connectivity index (χ1v) is 10.8. The summed E-state index contributed by atoms with van der Waals surface area (Å²) in [4.78, 5) is 10.6. The summed E-state index contributed by atoms with van der Waals surface area (Å²) in [6, 6.07) is 3.33. The average Bonchev–Trinajstić information content (AvgIpc) is 3.04. The van der Waals surface area contributed by atoms with Gasteiger partial charge in [-0.05, 0) is 37.1 Å². The molecule has 3 rings (SSSR count). The highest BCUT2D eigenvalue weighted by molar-refractivity contribution is 7.91. The van der Waals surface area contributed by atoms with E-state index in [0.717, 1.165) is 0 Å². The van der Waals surface area contributed by atoms with Crippen molar-refractivity contribution in [1.82, 2.24) is 15.0 Å². The molecule has 0 amide bonds. The summed E-state index contributed by atoms with van der Waals surface area (Å²) < 4.78 is 86.5. The van der Waals surface area contributed by atoms with Gasteiger partial charge in [-0.15, -0.1) is 0 Å². The number of imidazole rings is 1. The molecule has 0 aliphatic heterocycles. The van der Waals surface area contributed by atoms with Crippen LogP contribution in [0.25, 0.3) is 0 Å². The van der Waals surface area contributed by atoms with Crippen molar-refractivity contribution in [3.05, 3.63) is 70.3 Å². The normalized spacial score (nSPS) is 14.8. The van der Waals surface area contributed by atoms with Crippen LogP contribution >= 0.6 is 0 Å². The Morgan fingerprint density at radius 2 is 1.84 bits per heavy atom. The van der Waals surface area contributed by atoms with E-state index in [1.54, 1.807) is 6.92 Å². The van der Waals surface area contributed by atoms with E-state index in [-0.39, 0.29) is 16.4 Å². The van der Waals surface area contributed by atoms with Gasteiger partial charge in [0.05, 0.1) is 15.3 Å². The molecule has 0 saturated heterocycles. The minimum atomic E-state index is -4.76. The second kappa shape index (κ2) is 7.91. The van der Waals surface area contributed by atoms with Crippen molar-refractivity contribution in [2.75, 3.05) is 11.6 Å². The molecular formula is C19H18F5N5OS. The van der Waals surface area contributed by atoms with Crippen molar-refractivity contribution in [1.29, 1.82) is 4.78 Å². The number of rotatable bonds is 5. The highest BCUT2D eigenvalue weighted by atomic mass is 32.2. The Balaban J connectivity index is 2.10. The van der Waals surface area contributed by atoms with E-state index >= 15 is 0 Å². The number of halogens is 5. The Morgan fingerprint density at radius 3 is 2.35 bits per heavy atom. The molecule has 0 saturated carbocycles. The molecule has 0 radical (unpaired) electrons. The zero-order valence-electron chi connectivity index (χ0n) is 16.6. The third-order valence-electron chi connectivity index (χ3n) is 4.47. The third kappa shape index (κ3) is 4.84. The zero-order valence-corrected chi connectivity index (χ0v) is 17.4. The quantitative estimate of drug-likeness (QED) is 0.471. The fraction of sp³-hybridized carbons (Fsp3) is 0.263. The molecule has 0 aliphatic carbocycles. The molecule has 6 nitrogen and oxygen atoms in total. The van der Waals surface area contributed by atoms with E-state index in [0.29, 0.717) is 23.5 Å². The van der Waals surface area contributed by atoms with Crippen LogP contribution in [0.4, 0.5) is 27.8 Å². The SMILES string of the molecule is Cc1cc(C(Nc2ncc(C(F)(F)F)cc2F)c2nc(S(C)(=N)=O)c(C)[nH]2)ccc1F. The van der Waals surface area contributed by atoms with Crippen LogP contribution in [-0.2, 0) is 15.9 Å². The smallest absolute Gasteiger partial charge is 0.354 e. The van der Waals surface area contributed by atoms with Crippen LogP contribution < -0.4 is 5.32 Å². The molecule has 0 bridgehead atoms. The van der Waals surface area contributed by atoms with E-state index < -0.39 is 45.0 Å². The number of pyridine rings is 1. The Hall–Kier alpha value is -3.02. The second-order valence-corrected chi connectivity index (χ2v) is 9.11. The minimum Gasteiger partial charge on any atom is -0.354 e. The number of nitrogens with one attached hydrogen (secondary N) is 3. The largest absolute Gasteiger partial charge is 0.417 e. The first kappa shape index (κ1) is 22.7. The van der Waals surface area contributed by atoms with Crippen molar-refractivity contribution >= 4 is 15.5 Å². The maximum Gasteiger partial charge on any atom is 0.417 e. The van der Waals surface area contributed by atoms with Crippen molar-refractivity contribution in [2.45, 2.75) is 31.1 Å². The predicted octanol–water partition coefficient (Wildman–Crippen LogP) is 4.96. The van der Waals surface area contributed by atoms with Crippen LogP contribution in [0.1, 0.15) is 34.3 Å². The van der Waals surface area contributed by atoms with Gasteiger partial charge in [-0.2, -0.15) is 13.2 Å². The highest BCUT2D eigenvalue weighted by Gasteiger charge is 2.32. The van der Waals surface area contributed by atoms with Crippen LogP contribution in [0.3, 0.4) is 0 Å². The van der Waals surface area contributed by atoms with Crippen LogP contribution in [0.5, 0.6) is 0 Å². The first-order chi connectivity index (χ1) is 14.3.